The zero-order chi connectivity index (χ0) is 19.1. The molecule has 4 rings (SSSR count). The van der Waals surface area contributed by atoms with Crippen LogP contribution in [0.25, 0.3) is 11.0 Å². The minimum Gasteiger partial charge on any atom is -0.342 e. The van der Waals surface area contributed by atoms with Crippen molar-refractivity contribution in [3.8, 4) is 0 Å². The van der Waals surface area contributed by atoms with Crippen molar-refractivity contribution >= 4 is 22.8 Å². The van der Waals surface area contributed by atoms with Crippen molar-refractivity contribution in [1.82, 2.24) is 24.6 Å². The van der Waals surface area contributed by atoms with Gasteiger partial charge in [-0.1, -0.05) is 29.8 Å². The molecule has 0 N–H and O–H groups in total. The largest absolute Gasteiger partial charge is 0.342 e. The van der Waals surface area contributed by atoms with E-state index in [0.29, 0.717) is 18.9 Å². The third kappa shape index (κ3) is 3.13. The number of aromatic nitrogens is 4. The van der Waals surface area contributed by atoms with Crippen molar-refractivity contribution in [3.05, 3.63) is 47.4 Å². The monoisotopic (exact) mass is 364 g/mol. The van der Waals surface area contributed by atoms with Crippen molar-refractivity contribution in [2.24, 2.45) is 7.05 Å². The van der Waals surface area contributed by atoms with Gasteiger partial charge in [-0.2, -0.15) is 5.10 Å². The molecule has 140 valence electrons. The third-order valence-electron chi connectivity index (χ3n) is 5.16. The first kappa shape index (κ1) is 17.5. The van der Waals surface area contributed by atoms with E-state index in [1.807, 2.05) is 31.9 Å². The number of amides is 1. The molecule has 2 aromatic heterocycles. The first-order chi connectivity index (χ1) is 12.9. The number of fused-ring (bicyclic) bond motifs is 1. The molecule has 7 heteroatoms. The third-order valence-corrected chi connectivity index (χ3v) is 5.16. The van der Waals surface area contributed by atoms with E-state index in [2.05, 4.69) is 45.1 Å². The van der Waals surface area contributed by atoms with Crippen LogP contribution in [0.15, 0.2) is 30.5 Å². The van der Waals surface area contributed by atoms with Gasteiger partial charge in [-0.05, 0) is 26.3 Å². The van der Waals surface area contributed by atoms with E-state index in [1.54, 1.807) is 10.9 Å². The van der Waals surface area contributed by atoms with Crippen LogP contribution < -0.4 is 4.90 Å². The van der Waals surface area contributed by atoms with Crippen LogP contribution in [-0.2, 0) is 18.4 Å². The van der Waals surface area contributed by atoms with Gasteiger partial charge >= 0.3 is 0 Å². The molecule has 7 nitrogen and oxygen atoms in total. The number of nitrogens with zero attached hydrogens (tertiary/aromatic N) is 6. The summed E-state index contributed by atoms with van der Waals surface area (Å²) in [6, 6.07) is 8.04. The maximum atomic E-state index is 13.0. The Bertz CT molecular complexity index is 1010. The van der Waals surface area contributed by atoms with Crippen LogP contribution in [0.5, 0.6) is 0 Å². The van der Waals surface area contributed by atoms with E-state index < -0.39 is 0 Å². The number of hydrogen-bond donors (Lipinski definition) is 0. The van der Waals surface area contributed by atoms with Crippen molar-refractivity contribution in [3.63, 3.8) is 0 Å². The highest BCUT2D eigenvalue weighted by molar-refractivity contribution is 5.92. The molecule has 0 saturated carbocycles. The van der Waals surface area contributed by atoms with Crippen molar-refractivity contribution < 1.29 is 4.79 Å². The van der Waals surface area contributed by atoms with Gasteiger partial charge in [0.15, 0.2) is 5.65 Å². The fraction of sp³-hybridized carbons (Fsp3) is 0.400. The van der Waals surface area contributed by atoms with Crippen LogP contribution >= 0.6 is 0 Å². The highest BCUT2D eigenvalue weighted by atomic mass is 16.2. The minimum atomic E-state index is -0.277. The summed E-state index contributed by atoms with van der Waals surface area (Å²) in [6.45, 7) is 7.94. The van der Waals surface area contributed by atoms with Gasteiger partial charge in [-0.15, -0.1) is 0 Å². The lowest BCUT2D eigenvalue weighted by Crippen LogP contribution is -2.55. The highest BCUT2D eigenvalue weighted by Gasteiger charge is 2.33. The lowest BCUT2D eigenvalue weighted by Gasteiger charge is -2.40. The van der Waals surface area contributed by atoms with Gasteiger partial charge in [0.05, 0.1) is 11.6 Å². The predicted octanol–water partition coefficient (Wildman–Crippen LogP) is 2.22. The second-order valence-corrected chi connectivity index (χ2v) is 7.22. The normalized spacial score (nSPS) is 17.8. The summed E-state index contributed by atoms with van der Waals surface area (Å²) in [6.07, 6.45) is 1.78. The fourth-order valence-electron chi connectivity index (χ4n) is 3.74. The summed E-state index contributed by atoms with van der Waals surface area (Å²) >= 11 is 0. The lowest BCUT2D eigenvalue weighted by molar-refractivity contribution is -0.134. The van der Waals surface area contributed by atoms with E-state index in [0.717, 1.165) is 29.0 Å². The van der Waals surface area contributed by atoms with Gasteiger partial charge in [0.25, 0.3) is 0 Å². The Morgan fingerprint density at radius 2 is 2.00 bits per heavy atom. The Hall–Kier alpha value is -2.96. The average molecular weight is 364 g/mol. The Balaban J connectivity index is 1.61. The molecule has 1 aliphatic rings. The lowest BCUT2D eigenvalue weighted by atomic mass is 10.1. The smallest absolute Gasteiger partial charge is 0.245 e. The van der Waals surface area contributed by atoms with E-state index in [4.69, 9.17) is 0 Å². The summed E-state index contributed by atoms with van der Waals surface area (Å²) in [5, 5.41) is 5.19. The van der Waals surface area contributed by atoms with Gasteiger partial charge in [0, 0.05) is 26.7 Å². The van der Waals surface area contributed by atoms with Crippen molar-refractivity contribution in [2.45, 2.75) is 33.4 Å². The predicted molar refractivity (Wildman–Crippen MR) is 104 cm³/mol. The molecule has 1 unspecified atom stereocenters. The number of anilines is 1. The van der Waals surface area contributed by atoms with Crippen LogP contribution in [0.1, 0.15) is 23.9 Å². The van der Waals surface area contributed by atoms with Crippen LogP contribution in [0, 0.1) is 13.8 Å². The van der Waals surface area contributed by atoms with Gasteiger partial charge < -0.3 is 9.80 Å². The molecule has 1 amide bonds. The van der Waals surface area contributed by atoms with E-state index >= 15 is 0 Å². The molecule has 0 radical (unpaired) electrons. The summed E-state index contributed by atoms with van der Waals surface area (Å²) < 4.78 is 1.74. The molecule has 0 bridgehead atoms. The van der Waals surface area contributed by atoms with E-state index in [1.165, 1.54) is 5.56 Å². The Morgan fingerprint density at radius 1 is 1.19 bits per heavy atom. The Labute approximate surface area is 158 Å². The first-order valence-corrected chi connectivity index (χ1v) is 9.21. The van der Waals surface area contributed by atoms with E-state index in [9.17, 15) is 4.79 Å². The zero-order valence-electron chi connectivity index (χ0n) is 16.2. The van der Waals surface area contributed by atoms with Gasteiger partial charge in [-0.25, -0.2) is 9.97 Å². The standard InChI is InChI=1S/C20H24N6O/c1-13-6-5-7-16(10-13)12-25-8-9-26(14(2)20(25)27)19-17-11-21-24(4)18(17)22-15(3)23-19/h5-7,10-11,14H,8-9,12H2,1-4H3. The molecule has 0 aliphatic carbocycles. The van der Waals surface area contributed by atoms with Gasteiger partial charge in [-0.3, -0.25) is 9.48 Å². The molecule has 3 heterocycles. The summed E-state index contributed by atoms with van der Waals surface area (Å²) in [7, 11) is 1.87. The van der Waals surface area contributed by atoms with Crippen molar-refractivity contribution in [2.75, 3.05) is 18.0 Å². The number of aryl methyl sites for hydroxylation is 3. The molecule has 1 aromatic carbocycles. The molecular formula is C20H24N6O. The first-order valence-electron chi connectivity index (χ1n) is 9.21. The summed E-state index contributed by atoms with van der Waals surface area (Å²) in [5.41, 5.74) is 3.16. The molecule has 1 saturated heterocycles. The molecule has 1 atom stereocenters. The average Bonchev–Trinajstić information content (AvgIpc) is 3.00. The maximum absolute atomic E-state index is 13.0. The summed E-state index contributed by atoms with van der Waals surface area (Å²) in [5.74, 6) is 1.60. The highest BCUT2D eigenvalue weighted by Crippen LogP contribution is 2.27. The van der Waals surface area contributed by atoms with Crippen molar-refractivity contribution in [1.29, 1.82) is 0 Å². The van der Waals surface area contributed by atoms with Crippen LogP contribution in [-0.4, -0.2) is 49.7 Å². The Kier molecular flexibility index (Phi) is 4.30. The maximum Gasteiger partial charge on any atom is 0.245 e. The second-order valence-electron chi connectivity index (χ2n) is 7.22. The van der Waals surface area contributed by atoms with Crippen LogP contribution in [0.3, 0.4) is 0 Å². The topological polar surface area (TPSA) is 67.2 Å². The SMILES string of the molecule is Cc1cccc(CN2CCN(c3nc(C)nc4c3cnn4C)C(C)C2=O)c1. The molecular weight excluding hydrogens is 340 g/mol. The van der Waals surface area contributed by atoms with Crippen LogP contribution in [0.4, 0.5) is 5.82 Å². The number of benzene rings is 1. The number of carbonyl (C=O) groups excluding carboxylic acids is 1. The summed E-state index contributed by atoms with van der Waals surface area (Å²) in [4.78, 5) is 26.2. The quantitative estimate of drug-likeness (QED) is 0.713. The zero-order valence-corrected chi connectivity index (χ0v) is 16.2. The van der Waals surface area contributed by atoms with E-state index in [-0.39, 0.29) is 11.9 Å². The van der Waals surface area contributed by atoms with Gasteiger partial charge in [0.1, 0.15) is 17.7 Å². The number of piperazine rings is 1. The van der Waals surface area contributed by atoms with Gasteiger partial charge in [0.2, 0.25) is 5.91 Å². The number of hydrogen-bond acceptors (Lipinski definition) is 5. The molecule has 3 aromatic rings. The minimum absolute atomic E-state index is 0.121. The molecule has 0 spiro atoms. The van der Waals surface area contributed by atoms with Crippen LogP contribution in [0.2, 0.25) is 0 Å². The fourth-order valence-corrected chi connectivity index (χ4v) is 3.74. The molecule has 27 heavy (non-hydrogen) atoms. The second kappa shape index (κ2) is 6.64. The Morgan fingerprint density at radius 3 is 2.78 bits per heavy atom. The number of carbonyl (C=O) groups is 1. The number of rotatable bonds is 3. The molecule has 1 fully saturated rings. The molecule has 1 aliphatic heterocycles.